The van der Waals surface area contributed by atoms with Crippen LogP contribution < -0.4 is 18.6 Å². The minimum absolute atomic E-state index is 0.0834. The Balaban J connectivity index is 1.61. The van der Waals surface area contributed by atoms with Crippen molar-refractivity contribution >= 4 is 82.2 Å². The Hall–Kier alpha value is -3.55. The Morgan fingerprint density at radius 2 is 1.91 bits per heavy atom. The molecule has 1 aliphatic carbocycles. The number of hydrogen-bond donors (Lipinski definition) is 4. The first kappa shape index (κ1) is 41.6. The first-order chi connectivity index (χ1) is 25.7. The monoisotopic (exact) mass is 867 g/mol. The van der Waals surface area contributed by atoms with Gasteiger partial charge in [0.25, 0.3) is 0 Å². The molecule has 0 saturated heterocycles. The topological polar surface area (TPSA) is 214 Å². The maximum atomic E-state index is 14.0. The van der Waals surface area contributed by atoms with Gasteiger partial charge in [0, 0.05) is 0 Å². The molecule has 0 fully saturated rings. The van der Waals surface area contributed by atoms with E-state index in [0.717, 1.165) is 41.6 Å². The molecule has 19 heteroatoms. The molecule has 1 aliphatic heterocycles. The van der Waals surface area contributed by atoms with E-state index < -0.39 is 40.3 Å². The second kappa shape index (κ2) is 17.9. The summed E-state index contributed by atoms with van der Waals surface area (Å²) >= 11 is 0.440. The Labute approximate surface area is 322 Å². The van der Waals surface area contributed by atoms with Gasteiger partial charge in [0.2, 0.25) is 0 Å². The average molecular weight is 867 g/mol. The zero-order valence-electron chi connectivity index (χ0n) is 29.2. The molecule has 0 spiro atoms. The summed E-state index contributed by atoms with van der Waals surface area (Å²) in [5.41, 5.74) is 3.91. The van der Waals surface area contributed by atoms with Gasteiger partial charge in [-0.2, -0.15) is 0 Å². The zero-order chi connectivity index (χ0) is 39.1. The fraction of sp³-hybridized carbons (Fsp3) is 0.343. The van der Waals surface area contributed by atoms with Crippen LogP contribution in [0.25, 0.3) is 17.7 Å². The van der Waals surface area contributed by atoms with Gasteiger partial charge in [-0.25, -0.2) is 5.26 Å². The van der Waals surface area contributed by atoms with Gasteiger partial charge in [-0.05, 0) is 0 Å². The predicted octanol–water partition coefficient (Wildman–Crippen LogP) is 2.49. The summed E-state index contributed by atoms with van der Waals surface area (Å²) in [6.07, 6.45) is 13.3. The van der Waals surface area contributed by atoms with E-state index in [9.17, 15) is 35.5 Å². The van der Waals surface area contributed by atoms with Crippen molar-refractivity contribution in [2.75, 3.05) is 25.4 Å². The summed E-state index contributed by atoms with van der Waals surface area (Å²) in [5, 5.41) is 12.0. The molecule has 1 unspecified atom stereocenters. The molecular weight excluding hydrogens is 828 g/mol. The van der Waals surface area contributed by atoms with Gasteiger partial charge in [-0.15, -0.1) is 0 Å². The molecule has 0 saturated carbocycles. The van der Waals surface area contributed by atoms with Crippen LogP contribution in [-0.4, -0.2) is 92.0 Å². The summed E-state index contributed by atoms with van der Waals surface area (Å²) in [4.78, 5) is 28.1. The van der Waals surface area contributed by atoms with Gasteiger partial charge < -0.3 is 0 Å². The third-order valence-corrected chi connectivity index (χ3v) is 13.4. The normalized spacial score (nSPS) is 17.9. The van der Waals surface area contributed by atoms with Crippen LogP contribution in [0, 0.1) is 0 Å². The summed E-state index contributed by atoms with van der Waals surface area (Å²) in [7, 11) is -9.04. The second-order valence-corrected chi connectivity index (χ2v) is 18.5. The van der Waals surface area contributed by atoms with Crippen LogP contribution in [-0.2, 0) is 46.5 Å². The van der Waals surface area contributed by atoms with Crippen LogP contribution in [0.4, 0.5) is 5.69 Å². The molecule has 5 rings (SSSR count). The van der Waals surface area contributed by atoms with Crippen LogP contribution in [0.1, 0.15) is 55.7 Å². The van der Waals surface area contributed by atoms with Gasteiger partial charge in [0.1, 0.15) is 0 Å². The van der Waals surface area contributed by atoms with E-state index in [-0.39, 0.29) is 36.0 Å². The van der Waals surface area contributed by atoms with Crippen molar-refractivity contribution < 1.29 is 49.9 Å². The third kappa shape index (κ3) is 10.00. The van der Waals surface area contributed by atoms with E-state index >= 15 is 0 Å². The van der Waals surface area contributed by atoms with E-state index in [1.54, 1.807) is 12.1 Å². The molecule has 54 heavy (non-hydrogen) atoms. The standard InChI is InChI=1S/C35H38N4O11S3Se/c1-35(2)29-21-26(52(43,44)45)13-14-30(29)38(18-6-16-36-23-40)32(35)22-33-39(19-17-37-53(46,47)48)34(41)31(54-33)15-12-25-11-10-24(7-5-20-51-50-49-42)27-8-3-4-9-28(25)27/h3-4,8-15,21-22,24,37H,5-7,16-20H2,1-2H3,(H2-,42,43,44,45,46,47,48)/p+1. The molecule has 2 aliphatic rings. The Kier molecular flexibility index (Phi) is 13.8. The van der Waals surface area contributed by atoms with E-state index in [1.807, 2.05) is 59.6 Å². The van der Waals surface area contributed by atoms with Crippen LogP contribution in [0.5, 0.6) is 0 Å². The number of allylic oxidation sites excluding steroid dienone is 4. The molecule has 0 bridgehead atoms. The number of benzene rings is 2. The van der Waals surface area contributed by atoms with E-state index in [0.29, 0.717) is 44.0 Å². The molecular formula is C35H39N4O11S3Se+. The molecule has 0 amide bonds. The molecule has 288 valence electrons. The SMILES string of the molecule is CC1(C)C(C=c2[se]c(=CC=C3C=CC(CCCSOOO)c4ccccc43)c(=O)n2CCNS(=O)(=O)O)=[N+](CCCN=C=O)c2ccc(S(=O)(=O)O)cc21. The van der Waals surface area contributed by atoms with Crippen LogP contribution in [0.15, 0.2) is 75.4 Å². The average Bonchev–Trinajstić information content (AvgIpc) is 3.52. The first-order valence-electron chi connectivity index (χ1n) is 16.7. The number of fused-ring (bicyclic) bond motifs is 2. The number of nitrogens with one attached hydrogen (secondary N) is 1. The number of aromatic nitrogens is 1. The van der Waals surface area contributed by atoms with E-state index in [2.05, 4.69) is 26.5 Å². The summed E-state index contributed by atoms with van der Waals surface area (Å²) < 4.78 is 77.3. The Morgan fingerprint density at radius 1 is 1.13 bits per heavy atom. The minimum atomic E-state index is -4.53. The Morgan fingerprint density at radius 3 is 2.63 bits per heavy atom. The van der Waals surface area contributed by atoms with E-state index in [1.165, 1.54) is 22.8 Å². The van der Waals surface area contributed by atoms with Crippen LogP contribution >= 0.6 is 12.0 Å². The van der Waals surface area contributed by atoms with Crippen molar-refractivity contribution in [2.24, 2.45) is 4.99 Å². The number of rotatable bonds is 17. The van der Waals surface area contributed by atoms with Crippen molar-refractivity contribution in [2.45, 2.75) is 55.9 Å². The molecule has 1 aromatic heterocycles. The molecule has 4 N–H and O–H groups in total. The van der Waals surface area contributed by atoms with Gasteiger partial charge >= 0.3 is 313 Å². The first-order valence-corrected chi connectivity index (χ1v) is 22.2. The summed E-state index contributed by atoms with van der Waals surface area (Å²) in [6, 6.07) is 12.3. The van der Waals surface area contributed by atoms with Crippen LogP contribution in [0.2, 0.25) is 0 Å². The fourth-order valence-electron chi connectivity index (χ4n) is 6.62. The van der Waals surface area contributed by atoms with Crippen molar-refractivity contribution in [1.82, 2.24) is 9.29 Å². The number of isocyanates is 1. The van der Waals surface area contributed by atoms with Crippen LogP contribution in [0.3, 0.4) is 0 Å². The predicted molar refractivity (Wildman–Crippen MR) is 205 cm³/mol. The maximum absolute atomic E-state index is 14.0. The van der Waals surface area contributed by atoms with Gasteiger partial charge in [-0.1, -0.05) is 5.04 Å². The van der Waals surface area contributed by atoms with Gasteiger partial charge in [0.15, 0.2) is 0 Å². The van der Waals surface area contributed by atoms with Gasteiger partial charge in [0.05, 0.1) is 0 Å². The molecule has 1 atom stereocenters. The van der Waals surface area contributed by atoms with Crippen molar-refractivity contribution in [3.05, 3.63) is 96.1 Å². The summed E-state index contributed by atoms with van der Waals surface area (Å²) in [5.74, 6) is 0.774. The third-order valence-electron chi connectivity index (χ3n) is 9.11. The molecule has 15 nitrogen and oxygen atoms in total. The van der Waals surface area contributed by atoms with Crippen molar-refractivity contribution in [1.29, 1.82) is 0 Å². The fourth-order valence-corrected chi connectivity index (χ4v) is 10.00. The molecule has 2 heterocycles. The zero-order valence-corrected chi connectivity index (χ0v) is 33.4. The molecule has 2 aromatic carbocycles. The summed E-state index contributed by atoms with van der Waals surface area (Å²) in [6.45, 7) is 4.02. The number of nitrogens with zero attached hydrogens (tertiary/aromatic N) is 3. The second-order valence-electron chi connectivity index (χ2n) is 12.9. The number of carbonyl (C=O) groups excluding carboxylic acids is 1. The molecule has 0 radical (unpaired) electrons. The van der Waals surface area contributed by atoms with Crippen molar-refractivity contribution in [3.8, 4) is 0 Å². The van der Waals surface area contributed by atoms with E-state index in [4.69, 9.17) is 5.26 Å². The van der Waals surface area contributed by atoms with Crippen molar-refractivity contribution in [3.63, 3.8) is 0 Å². The molecule has 3 aromatic rings. The quantitative estimate of drug-likeness (QED) is 0.0177. The number of hydrogen-bond acceptors (Lipinski definition) is 11. The van der Waals surface area contributed by atoms with Gasteiger partial charge in [-0.3, -0.25) is 0 Å². The number of aliphatic imine (C=N–C) groups is 1. The Bertz CT molecular complexity index is 2450.